The molecule has 69 heavy (non-hydrogen) atoms. The van der Waals surface area contributed by atoms with Gasteiger partial charge in [0, 0.05) is 44.6 Å². The van der Waals surface area contributed by atoms with Gasteiger partial charge in [-0.05, 0) is 139 Å². The molecule has 0 unspecified atom stereocenters. The summed E-state index contributed by atoms with van der Waals surface area (Å²) in [5.74, 6) is -2.66. The Kier molecular flexibility index (Phi) is 23.7. The van der Waals surface area contributed by atoms with Gasteiger partial charge >= 0.3 is 5.97 Å². The van der Waals surface area contributed by atoms with Crippen LogP contribution in [0, 0.1) is 17.8 Å². The maximum Gasteiger partial charge on any atom is 0.311 e. The van der Waals surface area contributed by atoms with E-state index >= 15 is 0 Å². The van der Waals surface area contributed by atoms with E-state index in [0.29, 0.717) is 19.5 Å². The monoisotopic (exact) mass is 981 g/mol. The Hall–Kier alpha value is -1.87. The van der Waals surface area contributed by atoms with Crippen LogP contribution in [0.15, 0.2) is 30.3 Å². The summed E-state index contributed by atoms with van der Waals surface area (Å²) in [4.78, 5) is 18.7. The number of likely N-dealkylation sites (N-methyl/N-ethyl adjacent to an activating group) is 1. The van der Waals surface area contributed by atoms with Crippen LogP contribution in [0.1, 0.15) is 133 Å². The largest absolute Gasteiger partial charge is 0.459 e. The number of methoxy groups -OCH3 is 1. The second-order valence-corrected chi connectivity index (χ2v) is 21.9. The molecule has 0 radical (unpaired) electrons. The summed E-state index contributed by atoms with van der Waals surface area (Å²) in [5.41, 5.74) is -3.18. The number of ether oxygens (including phenoxy) is 6. The maximum absolute atomic E-state index is 14.6. The quantitative estimate of drug-likeness (QED) is 0.0705. The third-order valence-electron chi connectivity index (χ3n) is 15.5. The highest BCUT2D eigenvalue weighted by atomic mass is 16.7. The molecule has 3 aliphatic heterocycles. The van der Waals surface area contributed by atoms with Crippen molar-refractivity contribution >= 4 is 5.97 Å². The van der Waals surface area contributed by atoms with E-state index in [2.05, 4.69) is 46.7 Å². The molecule has 16 heteroatoms. The van der Waals surface area contributed by atoms with Crippen molar-refractivity contribution in [3.05, 3.63) is 35.9 Å². The Morgan fingerprint density at radius 3 is 2.10 bits per heavy atom. The van der Waals surface area contributed by atoms with Gasteiger partial charge in [0.1, 0.15) is 30.0 Å². The van der Waals surface area contributed by atoms with Gasteiger partial charge in [-0.3, -0.25) is 9.69 Å². The number of benzene rings is 1. The van der Waals surface area contributed by atoms with Crippen molar-refractivity contribution in [1.29, 1.82) is 0 Å². The van der Waals surface area contributed by atoms with E-state index in [0.717, 1.165) is 58.3 Å². The van der Waals surface area contributed by atoms with E-state index in [9.17, 15) is 30.3 Å². The molecule has 3 aliphatic rings. The van der Waals surface area contributed by atoms with Gasteiger partial charge in [0.05, 0.1) is 41.5 Å². The van der Waals surface area contributed by atoms with E-state index in [1.165, 1.54) is 19.6 Å². The predicted molar refractivity (Wildman–Crippen MR) is 267 cm³/mol. The van der Waals surface area contributed by atoms with E-state index in [-0.39, 0.29) is 37.3 Å². The Morgan fingerprint density at radius 2 is 1.48 bits per heavy atom. The van der Waals surface area contributed by atoms with Crippen LogP contribution in [0.2, 0.25) is 0 Å². The summed E-state index contributed by atoms with van der Waals surface area (Å²) < 4.78 is 38.2. The van der Waals surface area contributed by atoms with Gasteiger partial charge in [0.25, 0.3) is 0 Å². The first-order valence-electron chi connectivity index (χ1n) is 26.2. The minimum atomic E-state index is -1.84. The normalized spacial score (nSPS) is 40.3. The van der Waals surface area contributed by atoms with Gasteiger partial charge in [0.2, 0.25) is 0 Å². The van der Waals surface area contributed by atoms with Crippen molar-refractivity contribution in [2.75, 3.05) is 53.9 Å². The number of carbonyl (C=O) groups excluding carboxylic acids is 1. The molecule has 1 aromatic carbocycles. The van der Waals surface area contributed by atoms with Crippen molar-refractivity contribution in [3.63, 3.8) is 0 Å². The lowest BCUT2D eigenvalue weighted by Crippen LogP contribution is -2.60. The van der Waals surface area contributed by atoms with E-state index in [1.807, 2.05) is 45.8 Å². The highest BCUT2D eigenvalue weighted by molar-refractivity contribution is 5.73. The van der Waals surface area contributed by atoms with Gasteiger partial charge in [-0.2, -0.15) is 0 Å². The van der Waals surface area contributed by atoms with Gasteiger partial charge in [-0.15, -0.1) is 0 Å². The van der Waals surface area contributed by atoms with Crippen LogP contribution in [-0.4, -0.2) is 186 Å². The second kappa shape index (κ2) is 27.4. The summed E-state index contributed by atoms with van der Waals surface area (Å²) in [6.45, 7) is 22.6. The lowest BCUT2D eigenvalue weighted by molar-refractivity contribution is -0.318. The SMILES string of the molecule is CC[C@H]1OC(=O)[C@H](C)[C@@H](O[C@H]2C[C@@](C)(OC)[C@@H](O)[C@H](C)O2)[C@H](C)[C@@H](O[C@@H]2O[C@H](C)C[C@H](N(C)C)[C@H]2O)[C@](C)(O)C[C@@H](C)CN(CCCNCCCCCCNCc2ccccc2)[C@H](C)[C@H](O)[C@]1(C)O. The molecular weight excluding hydrogens is 885 g/mol. The third kappa shape index (κ3) is 16.6. The van der Waals surface area contributed by atoms with Crippen LogP contribution in [-0.2, 0) is 39.8 Å². The number of carbonyl (C=O) groups is 1. The zero-order valence-corrected chi connectivity index (χ0v) is 44.6. The topological polar surface area (TPSA) is 204 Å². The van der Waals surface area contributed by atoms with Crippen LogP contribution < -0.4 is 10.6 Å². The summed E-state index contributed by atoms with van der Waals surface area (Å²) in [6, 6.07) is 9.59. The number of nitrogens with one attached hydrogen (secondary N) is 2. The average molecular weight is 981 g/mol. The molecule has 16 nitrogen and oxygen atoms in total. The fraction of sp³-hybridized carbons (Fsp3) is 0.868. The smallest absolute Gasteiger partial charge is 0.311 e. The number of aliphatic hydroxyl groups is 5. The van der Waals surface area contributed by atoms with Gasteiger partial charge < -0.3 is 69.5 Å². The second-order valence-electron chi connectivity index (χ2n) is 21.9. The van der Waals surface area contributed by atoms with Crippen LogP contribution in [0.3, 0.4) is 0 Å². The van der Waals surface area contributed by atoms with E-state index in [1.54, 1.807) is 34.6 Å². The van der Waals surface area contributed by atoms with E-state index < -0.39 is 96.0 Å². The number of esters is 1. The lowest BCUT2D eigenvalue weighted by Gasteiger charge is -2.48. The Balaban J connectivity index is 1.58. The third-order valence-corrected chi connectivity index (χ3v) is 15.5. The van der Waals surface area contributed by atoms with Crippen LogP contribution >= 0.6 is 0 Å². The molecule has 18 atom stereocenters. The number of rotatable bonds is 20. The molecular formula is C53H96N4O12. The number of cyclic esters (lactones) is 1. The Morgan fingerprint density at radius 1 is 0.841 bits per heavy atom. The summed E-state index contributed by atoms with van der Waals surface area (Å²) in [7, 11) is 5.32. The van der Waals surface area contributed by atoms with Gasteiger partial charge in [0.15, 0.2) is 12.6 Å². The zero-order chi connectivity index (χ0) is 51.3. The summed E-state index contributed by atoms with van der Waals surface area (Å²) in [6.07, 6.45) is -3.12. The average Bonchev–Trinajstić information content (AvgIpc) is 3.30. The highest BCUT2D eigenvalue weighted by Gasteiger charge is 2.53. The first kappa shape index (κ1) is 59.7. The number of hydrogen-bond acceptors (Lipinski definition) is 16. The minimum Gasteiger partial charge on any atom is -0.459 e. The number of unbranched alkanes of at least 4 members (excludes halogenated alkanes) is 3. The molecule has 0 bridgehead atoms. The van der Waals surface area contributed by atoms with Gasteiger partial charge in [-0.25, -0.2) is 0 Å². The molecule has 3 saturated heterocycles. The van der Waals surface area contributed by atoms with Gasteiger partial charge in [-0.1, -0.05) is 63.9 Å². The highest BCUT2D eigenvalue weighted by Crippen LogP contribution is 2.40. The summed E-state index contributed by atoms with van der Waals surface area (Å²) in [5, 5.41) is 67.2. The lowest BCUT2D eigenvalue weighted by atomic mass is 9.77. The standard InChI is InChI=1S/C53H96N4O12/c1-14-42-53(10,63)46(59)38(6)57(28-22-27-54-25-20-15-16-21-26-55-32-40-23-18-17-19-24-40)33-34(2)30-51(8,62)48(69-50-44(58)41(56(11)12)29-35(3)65-50)36(4)45(37(5)49(61)67-42)68-43-31-52(9,64-13)47(60)39(7)66-43/h17-19,23-24,34-39,41-48,50,54-55,58-60,62-63H,14-16,20-22,25-33H2,1-13H3/t34-,35-,36+,37-,38-,39+,41+,42-,43+,44-,45+,46+,47+,48-,50+,51-,52-,53-/m1/s1. The molecule has 7 N–H and O–H groups in total. The molecule has 3 fully saturated rings. The fourth-order valence-corrected chi connectivity index (χ4v) is 11.1. The molecule has 1 aromatic rings. The minimum absolute atomic E-state index is 0.126. The summed E-state index contributed by atoms with van der Waals surface area (Å²) >= 11 is 0. The first-order chi connectivity index (χ1) is 32.5. The Bertz CT molecular complexity index is 1630. The van der Waals surface area contributed by atoms with Crippen molar-refractivity contribution < 1.29 is 58.7 Å². The Labute approximate surface area is 415 Å². The number of aliphatic hydroxyl groups excluding tert-OH is 3. The first-order valence-corrected chi connectivity index (χ1v) is 26.2. The molecule has 0 amide bonds. The molecule has 0 saturated carbocycles. The zero-order valence-electron chi connectivity index (χ0n) is 44.6. The molecule has 400 valence electrons. The van der Waals surface area contributed by atoms with Crippen molar-refractivity contribution in [3.8, 4) is 0 Å². The maximum atomic E-state index is 14.6. The van der Waals surface area contributed by atoms with Crippen LogP contribution in [0.25, 0.3) is 0 Å². The molecule has 0 aromatic heterocycles. The molecule has 0 aliphatic carbocycles. The molecule has 0 spiro atoms. The fourth-order valence-electron chi connectivity index (χ4n) is 11.1. The predicted octanol–water partition coefficient (Wildman–Crippen LogP) is 4.60. The number of nitrogens with zero attached hydrogens (tertiary/aromatic N) is 2. The van der Waals surface area contributed by atoms with Crippen molar-refractivity contribution in [2.24, 2.45) is 17.8 Å². The van der Waals surface area contributed by atoms with Crippen LogP contribution in [0.4, 0.5) is 0 Å². The van der Waals surface area contributed by atoms with Crippen LogP contribution in [0.5, 0.6) is 0 Å². The van der Waals surface area contributed by atoms with Crippen molar-refractivity contribution in [1.82, 2.24) is 20.4 Å². The molecule has 3 heterocycles. The van der Waals surface area contributed by atoms with Crippen molar-refractivity contribution in [2.45, 2.75) is 224 Å². The van der Waals surface area contributed by atoms with E-state index in [4.69, 9.17) is 28.4 Å². The number of hydrogen-bond donors (Lipinski definition) is 7. The molecule has 4 rings (SSSR count).